The zero-order chi connectivity index (χ0) is 13.0. The van der Waals surface area contributed by atoms with Gasteiger partial charge in [0.05, 0.1) is 6.04 Å². The number of halogens is 1. The van der Waals surface area contributed by atoms with Crippen molar-refractivity contribution in [2.75, 3.05) is 5.73 Å². The molecule has 0 bridgehead atoms. The third kappa shape index (κ3) is 3.31. The maximum atomic E-state index is 5.77. The molecule has 0 saturated heterocycles. The summed E-state index contributed by atoms with van der Waals surface area (Å²) in [6.45, 7) is 2.98. The van der Waals surface area contributed by atoms with Crippen molar-refractivity contribution in [2.45, 2.75) is 25.9 Å². The van der Waals surface area contributed by atoms with Crippen LogP contribution in [0.25, 0.3) is 0 Å². The van der Waals surface area contributed by atoms with Crippen molar-refractivity contribution < 1.29 is 0 Å². The summed E-state index contributed by atoms with van der Waals surface area (Å²) in [6.07, 6.45) is 2.88. The first-order valence-corrected chi connectivity index (χ1v) is 7.54. The van der Waals surface area contributed by atoms with Crippen molar-refractivity contribution in [1.82, 2.24) is 10.3 Å². The van der Waals surface area contributed by atoms with Crippen LogP contribution in [-0.2, 0) is 6.54 Å². The molecule has 3 nitrogen and oxygen atoms in total. The zero-order valence-electron chi connectivity index (χ0n) is 10.2. The molecule has 5 heteroatoms. The molecule has 0 saturated carbocycles. The Hall–Kier alpha value is -0.910. The number of aromatic nitrogens is 1. The van der Waals surface area contributed by atoms with Gasteiger partial charge in [-0.2, -0.15) is 0 Å². The van der Waals surface area contributed by atoms with Gasteiger partial charge in [0, 0.05) is 28.3 Å². The zero-order valence-corrected chi connectivity index (χ0v) is 12.6. The Labute approximate surface area is 120 Å². The van der Waals surface area contributed by atoms with Crippen LogP contribution in [0.3, 0.4) is 0 Å². The molecule has 1 atom stereocenters. The summed E-state index contributed by atoms with van der Waals surface area (Å²) in [7, 11) is 0. The van der Waals surface area contributed by atoms with Gasteiger partial charge in [-0.25, -0.2) is 4.98 Å². The third-order valence-electron chi connectivity index (χ3n) is 2.78. The molecule has 0 amide bonds. The molecule has 1 unspecified atom stereocenters. The van der Waals surface area contributed by atoms with Crippen molar-refractivity contribution >= 4 is 33.0 Å². The number of nitrogens with zero attached hydrogens (tertiary/aromatic N) is 1. The van der Waals surface area contributed by atoms with E-state index in [2.05, 4.69) is 39.2 Å². The fourth-order valence-corrected chi connectivity index (χ4v) is 2.96. The summed E-state index contributed by atoms with van der Waals surface area (Å²) in [5, 5.41) is 6.68. The Kier molecular flexibility index (Phi) is 4.74. The number of hydrogen-bond donors (Lipinski definition) is 2. The van der Waals surface area contributed by atoms with Crippen molar-refractivity contribution in [2.24, 2.45) is 0 Å². The molecule has 0 spiro atoms. The molecule has 3 N–H and O–H groups in total. The van der Waals surface area contributed by atoms with Crippen LogP contribution in [0, 0.1) is 0 Å². The first kappa shape index (κ1) is 13.5. The molecule has 18 heavy (non-hydrogen) atoms. The maximum absolute atomic E-state index is 5.77. The lowest BCUT2D eigenvalue weighted by Crippen LogP contribution is -2.20. The number of benzene rings is 1. The molecule has 0 radical (unpaired) electrons. The Balaban J connectivity index is 1.99. The molecule has 1 aromatic heterocycles. The van der Waals surface area contributed by atoms with E-state index in [9.17, 15) is 0 Å². The van der Waals surface area contributed by atoms with E-state index in [1.807, 2.05) is 23.7 Å². The first-order valence-electron chi connectivity index (χ1n) is 5.87. The summed E-state index contributed by atoms with van der Waals surface area (Å²) in [5.41, 5.74) is 7.76. The van der Waals surface area contributed by atoms with Gasteiger partial charge in [-0.05, 0) is 40.0 Å². The minimum Gasteiger partial charge on any atom is -0.398 e. The first-order chi connectivity index (χ1) is 8.70. The number of hydrogen-bond acceptors (Lipinski definition) is 4. The predicted octanol–water partition coefficient (Wildman–Crippen LogP) is 3.73. The Bertz CT molecular complexity index is 499. The van der Waals surface area contributed by atoms with Crippen LogP contribution >= 0.6 is 27.3 Å². The van der Waals surface area contributed by atoms with Crippen LogP contribution < -0.4 is 11.1 Å². The van der Waals surface area contributed by atoms with Gasteiger partial charge in [-0.15, -0.1) is 11.3 Å². The number of nitrogen functional groups attached to an aromatic ring is 1. The highest BCUT2D eigenvalue weighted by atomic mass is 79.9. The second-order valence-electron chi connectivity index (χ2n) is 4.07. The van der Waals surface area contributed by atoms with Gasteiger partial charge in [0.1, 0.15) is 5.01 Å². The van der Waals surface area contributed by atoms with Crippen LogP contribution in [0.4, 0.5) is 5.69 Å². The minimum absolute atomic E-state index is 0.321. The fourth-order valence-electron chi connectivity index (χ4n) is 1.73. The molecule has 0 aliphatic rings. The quantitative estimate of drug-likeness (QED) is 0.823. The SMILES string of the molecule is CCC(NCc1ccc(N)c(Br)c1)c1nccs1. The average molecular weight is 326 g/mol. The standard InChI is InChI=1S/C13H16BrN3S/c1-2-12(13-16-5-6-18-13)17-8-9-3-4-11(15)10(14)7-9/h3-7,12,17H,2,8,15H2,1H3. The van der Waals surface area contributed by atoms with Crippen molar-refractivity contribution in [3.8, 4) is 0 Å². The molecule has 1 aromatic carbocycles. The fraction of sp³-hybridized carbons (Fsp3) is 0.308. The van der Waals surface area contributed by atoms with Gasteiger partial charge >= 0.3 is 0 Å². The van der Waals surface area contributed by atoms with E-state index in [0.717, 1.165) is 28.1 Å². The largest absolute Gasteiger partial charge is 0.398 e. The number of rotatable bonds is 5. The second-order valence-corrected chi connectivity index (χ2v) is 5.85. The van der Waals surface area contributed by atoms with E-state index in [1.54, 1.807) is 11.3 Å². The third-order valence-corrected chi connectivity index (χ3v) is 4.35. The summed E-state index contributed by atoms with van der Waals surface area (Å²) in [6, 6.07) is 6.34. The molecule has 0 fully saturated rings. The monoisotopic (exact) mass is 325 g/mol. The van der Waals surface area contributed by atoms with Crippen LogP contribution in [0.2, 0.25) is 0 Å². The number of nitrogens with one attached hydrogen (secondary N) is 1. The van der Waals surface area contributed by atoms with E-state index in [4.69, 9.17) is 5.73 Å². The van der Waals surface area contributed by atoms with Gasteiger partial charge in [-0.1, -0.05) is 13.0 Å². The molecule has 1 heterocycles. The van der Waals surface area contributed by atoms with Gasteiger partial charge < -0.3 is 11.1 Å². The van der Waals surface area contributed by atoms with Gasteiger partial charge in [-0.3, -0.25) is 0 Å². The van der Waals surface area contributed by atoms with Gasteiger partial charge in [0.15, 0.2) is 0 Å². The summed E-state index contributed by atoms with van der Waals surface area (Å²) in [4.78, 5) is 4.36. The van der Waals surface area contributed by atoms with Crippen molar-refractivity contribution in [3.63, 3.8) is 0 Å². The Morgan fingerprint density at radius 2 is 2.33 bits per heavy atom. The van der Waals surface area contributed by atoms with E-state index in [1.165, 1.54) is 5.56 Å². The van der Waals surface area contributed by atoms with Gasteiger partial charge in [0.2, 0.25) is 0 Å². The van der Waals surface area contributed by atoms with Crippen LogP contribution in [-0.4, -0.2) is 4.98 Å². The summed E-state index contributed by atoms with van der Waals surface area (Å²) >= 11 is 5.14. The van der Waals surface area contributed by atoms with E-state index < -0.39 is 0 Å². The summed E-state index contributed by atoms with van der Waals surface area (Å²) in [5.74, 6) is 0. The molecule has 0 aliphatic carbocycles. The van der Waals surface area contributed by atoms with Crippen LogP contribution in [0.1, 0.15) is 30.0 Å². The molecular weight excluding hydrogens is 310 g/mol. The normalized spacial score (nSPS) is 12.6. The number of thiazole rings is 1. The minimum atomic E-state index is 0.321. The Morgan fingerprint density at radius 1 is 1.50 bits per heavy atom. The molecule has 0 aliphatic heterocycles. The highest BCUT2D eigenvalue weighted by molar-refractivity contribution is 9.10. The topological polar surface area (TPSA) is 50.9 Å². The lowest BCUT2D eigenvalue weighted by atomic mass is 10.2. The molecular formula is C13H16BrN3S. The van der Waals surface area contributed by atoms with Crippen molar-refractivity contribution in [1.29, 1.82) is 0 Å². The predicted molar refractivity (Wildman–Crippen MR) is 80.5 cm³/mol. The number of nitrogens with two attached hydrogens (primary N) is 1. The smallest absolute Gasteiger partial charge is 0.109 e. The molecule has 2 aromatic rings. The summed E-state index contributed by atoms with van der Waals surface area (Å²) < 4.78 is 0.948. The van der Waals surface area contributed by atoms with Gasteiger partial charge in [0.25, 0.3) is 0 Å². The number of anilines is 1. The highest BCUT2D eigenvalue weighted by Crippen LogP contribution is 2.22. The van der Waals surface area contributed by atoms with Crippen molar-refractivity contribution in [3.05, 3.63) is 44.8 Å². The van der Waals surface area contributed by atoms with E-state index in [-0.39, 0.29) is 0 Å². The molecule has 2 rings (SSSR count). The van der Waals surface area contributed by atoms with Crippen LogP contribution in [0.15, 0.2) is 34.2 Å². The van der Waals surface area contributed by atoms with E-state index >= 15 is 0 Å². The lowest BCUT2D eigenvalue weighted by molar-refractivity contribution is 0.516. The average Bonchev–Trinajstić information content (AvgIpc) is 2.88. The van der Waals surface area contributed by atoms with E-state index in [0.29, 0.717) is 6.04 Å². The maximum Gasteiger partial charge on any atom is 0.109 e. The Morgan fingerprint density at radius 3 is 2.94 bits per heavy atom. The van der Waals surface area contributed by atoms with Crippen LogP contribution in [0.5, 0.6) is 0 Å². The molecule has 96 valence electrons. The highest BCUT2D eigenvalue weighted by Gasteiger charge is 2.11. The lowest BCUT2D eigenvalue weighted by Gasteiger charge is -2.14. The second kappa shape index (κ2) is 6.31.